The van der Waals surface area contributed by atoms with Gasteiger partial charge < -0.3 is 5.32 Å². The van der Waals surface area contributed by atoms with Gasteiger partial charge in [0.05, 0.1) is 22.3 Å². The molecule has 1 fully saturated rings. The van der Waals surface area contributed by atoms with E-state index < -0.39 is 5.54 Å². The first kappa shape index (κ1) is 13.8. The standard InChI is InChI=1S/C15H14ClN3O2/c1-9-6-7-15(2,14(21)18-9)19-8-17-11-5-3-4-10(16)12(11)13(19)20/h3-5,8H,1,6-7H2,2H3,(H,18,21)/t15-/m0/s1. The Morgan fingerprint density at radius 2 is 2.19 bits per heavy atom. The number of hydrogen-bond donors (Lipinski definition) is 1. The minimum Gasteiger partial charge on any atom is -0.328 e. The van der Waals surface area contributed by atoms with E-state index in [0.29, 0.717) is 34.5 Å². The lowest BCUT2D eigenvalue weighted by atomic mass is 9.89. The molecule has 1 aliphatic rings. The van der Waals surface area contributed by atoms with E-state index in [1.807, 2.05) is 0 Å². The van der Waals surface area contributed by atoms with E-state index in [1.165, 1.54) is 10.9 Å². The van der Waals surface area contributed by atoms with Crippen LogP contribution in [0.25, 0.3) is 10.9 Å². The van der Waals surface area contributed by atoms with E-state index in [-0.39, 0.29) is 11.5 Å². The molecule has 0 aliphatic carbocycles. The number of carbonyl (C=O) groups is 1. The Morgan fingerprint density at radius 1 is 1.43 bits per heavy atom. The number of piperidine rings is 1. The lowest BCUT2D eigenvalue weighted by molar-refractivity contribution is -0.130. The molecule has 2 heterocycles. The van der Waals surface area contributed by atoms with Crippen molar-refractivity contribution >= 4 is 28.4 Å². The Balaban J connectivity index is 2.24. The van der Waals surface area contributed by atoms with Crippen LogP contribution in [0.5, 0.6) is 0 Å². The smallest absolute Gasteiger partial charge is 0.263 e. The molecule has 0 spiro atoms. The lowest BCUT2D eigenvalue weighted by Gasteiger charge is -2.34. The Hall–Kier alpha value is -2.14. The average Bonchev–Trinajstić information content (AvgIpc) is 2.44. The maximum absolute atomic E-state index is 12.7. The fourth-order valence-corrected chi connectivity index (χ4v) is 2.82. The van der Waals surface area contributed by atoms with Crippen molar-refractivity contribution in [1.29, 1.82) is 0 Å². The van der Waals surface area contributed by atoms with Gasteiger partial charge in [0, 0.05) is 5.70 Å². The Kier molecular flexibility index (Phi) is 3.10. The average molecular weight is 304 g/mol. The third kappa shape index (κ3) is 2.05. The summed E-state index contributed by atoms with van der Waals surface area (Å²) in [6, 6.07) is 5.10. The second-order valence-electron chi connectivity index (χ2n) is 5.39. The Labute approximate surface area is 126 Å². The van der Waals surface area contributed by atoms with Crippen LogP contribution >= 0.6 is 11.6 Å². The zero-order valence-corrected chi connectivity index (χ0v) is 12.3. The van der Waals surface area contributed by atoms with Crippen LogP contribution in [0, 0.1) is 0 Å². The number of halogens is 1. The number of hydrogen-bond acceptors (Lipinski definition) is 3. The molecule has 0 saturated carbocycles. The van der Waals surface area contributed by atoms with Gasteiger partial charge in [-0.1, -0.05) is 24.2 Å². The summed E-state index contributed by atoms with van der Waals surface area (Å²) in [6.07, 6.45) is 2.53. The lowest BCUT2D eigenvalue weighted by Crippen LogP contribution is -2.53. The van der Waals surface area contributed by atoms with Crippen LogP contribution in [-0.4, -0.2) is 15.5 Å². The molecule has 1 N–H and O–H groups in total. The van der Waals surface area contributed by atoms with Crippen LogP contribution in [0.3, 0.4) is 0 Å². The highest BCUT2D eigenvalue weighted by Crippen LogP contribution is 2.28. The van der Waals surface area contributed by atoms with Crippen molar-refractivity contribution in [2.24, 2.45) is 0 Å². The third-order valence-corrected chi connectivity index (χ3v) is 4.28. The van der Waals surface area contributed by atoms with E-state index in [0.717, 1.165) is 0 Å². The molecule has 1 saturated heterocycles. The van der Waals surface area contributed by atoms with Gasteiger partial charge in [0.1, 0.15) is 5.54 Å². The maximum atomic E-state index is 12.7. The molecule has 6 heteroatoms. The predicted octanol–water partition coefficient (Wildman–Crippen LogP) is 2.19. The van der Waals surface area contributed by atoms with E-state index in [4.69, 9.17) is 11.6 Å². The van der Waals surface area contributed by atoms with Gasteiger partial charge in [-0.3, -0.25) is 14.2 Å². The highest BCUT2D eigenvalue weighted by molar-refractivity contribution is 6.35. The minimum absolute atomic E-state index is 0.256. The van der Waals surface area contributed by atoms with Gasteiger partial charge in [-0.05, 0) is 31.9 Å². The van der Waals surface area contributed by atoms with E-state index in [1.54, 1.807) is 25.1 Å². The molecule has 1 aliphatic heterocycles. The largest absolute Gasteiger partial charge is 0.328 e. The maximum Gasteiger partial charge on any atom is 0.263 e. The second-order valence-corrected chi connectivity index (χ2v) is 5.79. The molecule has 21 heavy (non-hydrogen) atoms. The molecule has 0 bridgehead atoms. The number of benzene rings is 1. The molecule has 3 rings (SSSR count). The summed E-state index contributed by atoms with van der Waals surface area (Å²) in [5, 5.41) is 3.37. The quantitative estimate of drug-likeness (QED) is 0.878. The molecule has 5 nitrogen and oxygen atoms in total. The predicted molar refractivity (Wildman–Crippen MR) is 81.2 cm³/mol. The van der Waals surface area contributed by atoms with E-state index in [2.05, 4.69) is 16.9 Å². The van der Waals surface area contributed by atoms with E-state index in [9.17, 15) is 9.59 Å². The van der Waals surface area contributed by atoms with Crippen molar-refractivity contribution in [3.8, 4) is 0 Å². The number of nitrogens with zero attached hydrogens (tertiary/aromatic N) is 2. The van der Waals surface area contributed by atoms with Crippen LogP contribution < -0.4 is 10.9 Å². The number of amides is 1. The van der Waals surface area contributed by atoms with Crippen molar-refractivity contribution in [2.75, 3.05) is 0 Å². The van der Waals surface area contributed by atoms with Crippen molar-refractivity contribution < 1.29 is 4.79 Å². The van der Waals surface area contributed by atoms with Gasteiger partial charge in [-0.25, -0.2) is 4.98 Å². The summed E-state index contributed by atoms with van der Waals surface area (Å²) < 4.78 is 1.36. The first-order valence-corrected chi connectivity index (χ1v) is 6.97. The molecule has 0 unspecified atom stereocenters. The number of aromatic nitrogens is 2. The molecule has 0 radical (unpaired) electrons. The Bertz CT molecular complexity index is 827. The SMILES string of the molecule is C=C1CC[C@](C)(n2cnc3cccc(Cl)c3c2=O)C(=O)N1. The molecule has 2 aromatic rings. The second kappa shape index (κ2) is 4.70. The molecule has 1 aromatic carbocycles. The van der Waals surface area contributed by atoms with Gasteiger partial charge in [-0.15, -0.1) is 0 Å². The van der Waals surface area contributed by atoms with Crippen LogP contribution in [0.15, 0.2) is 41.6 Å². The van der Waals surface area contributed by atoms with Crippen LogP contribution in [-0.2, 0) is 10.3 Å². The van der Waals surface area contributed by atoms with Gasteiger partial charge in [0.15, 0.2) is 0 Å². The summed E-state index contributed by atoms with van der Waals surface area (Å²) in [6.45, 7) is 5.48. The third-order valence-electron chi connectivity index (χ3n) is 3.96. The molecule has 1 atom stereocenters. The highest BCUT2D eigenvalue weighted by atomic mass is 35.5. The monoisotopic (exact) mass is 303 g/mol. The first-order chi connectivity index (χ1) is 9.93. The summed E-state index contributed by atoms with van der Waals surface area (Å²) in [5.41, 5.74) is -0.111. The summed E-state index contributed by atoms with van der Waals surface area (Å²) in [4.78, 5) is 29.3. The molecule has 1 amide bonds. The normalized spacial score (nSPS) is 22.4. The topological polar surface area (TPSA) is 64.0 Å². The molecular formula is C15H14ClN3O2. The number of allylic oxidation sites excluding steroid dienone is 1. The Morgan fingerprint density at radius 3 is 2.90 bits per heavy atom. The van der Waals surface area contributed by atoms with Crippen molar-refractivity contribution in [2.45, 2.75) is 25.3 Å². The number of carbonyl (C=O) groups excluding carboxylic acids is 1. The van der Waals surface area contributed by atoms with Gasteiger partial charge >= 0.3 is 0 Å². The minimum atomic E-state index is -0.987. The zero-order chi connectivity index (χ0) is 15.2. The summed E-state index contributed by atoms with van der Waals surface area (Å²) in [5.74, 6) is -0.256. The number of rotatable bonds is 1. The van der Waals surface area contributed by atoms with Crippen LogP contribution in [0.2, 0.25) is 5.02 Å². The fraction of sp³-hybridized carbons (Fsp3) is 0.267. The van der Waals surface area contributed by atoms with Gasteiger partial charge in [-0.2, -0.15) is 0 Å². The first-order valence-electron chi connectivity index (χ1n) is 6.59. The fourth-order valence-electron chi connectivity index (χ4n) is 2.57. The van der Waals surface area contributed by atoms with Crippen molar-refractivity contribution in [1.82, 2.24) is 14.9 Å². The van der Waals surface area contributed by atoms with E-state index >= 15 is 0 Å². The van der Waals surface area contributed by atoms with Crippen molar-refractivity contribution in [3.63, 3.8) is 0 Å². The van der Waals surface area contributed by atoms with Crippen molar-refractivity contribution in [3.05, 3.63) is 52.2 Å². The number of nitrogens with one attached hydrogen (secondary N) is 1. The zero-order valence-electron chi connectivity index (χ0n) is 11.5. The van der Waals surface area contributed by atoms with Gasteiger partial charge in [0.25, 0.3) is 5.56 Å². The summed E-state index contributed by atoms with van der Waals surface area (Å²) in [7, 11) is 0. The van der Waals surface area contributed by atoms with Crippen LogP contribution in [0.4, 0.5) is 0 Å². The van der Waals surface area contributed by atoms with Gasteiger partial charge in [0.2, 0.25) is 5.91 Å². The molecule has 1 aromatic heterocycles. The number of fused-ring (bicyclic) bond motifs is 1. The summed E-state index contributed by atoms with van der Waals surface area (Å²) >= 11 is 6.11. The van der Waals surface area contributed by atoms with Crippen LogP contribution in [0.1, 0.15) is 19.8 Å². The molecular weight excluding hydrogens is 290 g/mol. The molecule has 108 valence electrons. The highest BCUT2D eigenvalue weighted by Gasteiger charge is 2.39.